The molecule has 1 saturated carbocycles. The number of hydrogen-bond acceptors (Lipinski definition) is 6. The highest BCUT2D eigenvalue weighted by Crippen LogP contribution is 2.61. The number of likely N-dealkylation sites (tertiary alicyclic amines) is 1. The maximum absolute atomic E-state index is 16.0. The monoisotopic (exact) mass is 608 g/mol. The van der Waals surface area contributed by atoms with Crippen molar-refractivity contribution in [3.05, 3.63) is 92.2 Å². The summed E-state index contributed by atoms with van der Waals surface area (Å²) in [6.45, 7) is 2.56. The molecule has 4 N–H and O–H groups in total. The van der Waals surface area contributed by atoms with Gasteiger partial charge in [-0.1, -0.05) is 47.5 Å². The molecule has 1 spiro atoms. The molecule has 4 aliphatic rings. The van der Waals surface area contributed by atoms with Gasteiger partial charge in [-0.3, -0.25) is 9.69 Å². The number of esters is 1. The number of methoxy groups -OCH3 is 1. The van der Waals surface area contributed by atoms with Crippen LogP contribution in [0.25, 0.3) is 0 Å². The molecule has 0 radical (unpaired) electrons. The Kier molecular flexibility index (Phi) is 6.55. The lowest BCUT2D eigenvalue weighted by atomic mass is 9.73. The van der Waals surface area contributed by atoms with Gasteiger partial charge in [0.05, 0.1) is 17.7 Å². The number of nitrogens with zero attached hydrogens (tertiary/aromatic N) is 1. The third kappa shape index (κ3) is 3.99. The number of carbonyl (C=O) groups excluding carboxylic acids is 2. The van der Waals surface area contributed by atoms with Crippen LogP contribution in [0.1, 0.15) is 63.8 Å². The molecule has 42 heavy (non-hydrogen) atoms. The fourth-order valence-corrected chi connectivity index (χ4v) is 8.01. The fourth-order valence-electron chi connectivity index (χ4n) is 7.66. The molecule has 5 atom stereocenters. The smallest absolute Gasteiger partial charge is 0.338 e. The van der Waals surface area contributed by atoms with E-state index in [-0.39, 0.29) is 29.1 Å². The highest BCUT2D eigenvalue weighted by Gasteiger charge is 2.69. The van der Waals surface area contributed by atoms with E-state index >= 15 is 4.39 Å². The Morgan fingerprint density at radius 1 is 1.17 bits per heavy atom. The summed E-state index contributed by atoms with van der Waals surface area (Å²) in [6, 6.07) is 13.5. The minimum Gasteiger partial charge on any atom is -0.465 e. The van der Waals surface area contributed by atoms with Gasteiger partial charge in [-0.25, -0.2) is 9.18 Å². The molecular weight excluding hydrogens is 578 g/mol. The standard InChI is InChI=1S/C32H31Cl2FN4O3/c1-15-10-20(23(36)12-19(15)30(40)42-2)24-13-26-29(37-24)27(18-4-3-5-22(34)28(18)35)32(39(26)14-16-6-7-16)21-9-8-17(33)11-25(21)38-31(32)41/h3-5,8-12,16,24,26-27,29,37H,6-7,13-14,36H2,1-2H3,(H,38,41)/t24?,26-,27-,29+,32+/m0/s1. The van der Waals surface area contributed by atoms with Crippen molar-refractivity contribution >= 4 is 46.5 Å². The maximum Gasteiger partial charge on any atom is 0.338 e. The highest BCUT2D eigenvalue weighted by molar-refractivity contribution is 6.31. The van der Waals surface area contributed by atoms with Gasteiger partial charge in [-0.15, -0.1) is 0 Å². The van der Waals surface area contributed by atoms with E-state index in [1.165, 1.54) is 13.2 Å². The van der Waals surface area contributed by atoms with E-state index in [1.54, 1.807) is 30.3 Å². The third-order valence-electron chi connectivity index (χ3n) is 9.61. The Morgan fingerprint density at radius 2 is 1.95 bits per heavy atom. The largest absolute Gasteiger partial charge is 0.465 e. The quantitative estimate of drug-likeness (QED) is 0.245. The molecule has 3 fully saturated rings. The van der Waals surface area contributed by atoms with Gasteiger partial charge in [-0.2, -0.15) is 0 Å². The Morgan fingerprint density at radius 3 is 2.69 bits per heavy atom. The van der Waals surface area contributed by atoms with Crippen LogP contribution in [0.3, 0.4) is 0 Å². The number of rotatable bonds is 5. The number of fused-ring (bicyclic) bond motifs is 3. The number of aryl methyl sites for hydroxylation is 1. The Balaban J connectivity index is 1.39. The number of nitrogens with two attached hydrogens (primary N) is 1. The van der Waals surface area contributed by atoms with Crippen molar-refractivity contribution in [1.29, 1.82) is 0 Å². The van der Waals surface area contributed by atoms with Gasteiger partial charge < -0.3 is 21.1 Å². The number of anilines is 2. The normalized spacial score (nSPS) is 28.2. The zero-order chi connectivity index (χ0) is 29.5. The summed E-state index contributed by atoms with van der Waals surface area (Å²) in [7, 11) is 1.34. The first-order valence-corrected chi connectivity index (χ1v) is 15.0. The van der Waals surface area contributed by atoms with Crippen LogP contribution < -0.4 is 16.4 Å². The van der Waals surface area contributed by atoms with E-state index in [0.29, 0.717) is 46.4 Å². The van der Waals surface area contributed by atoms with Crippen molar-refractivity contribution in [1.82, 2.24) is 10.2 Å². The lowest BCUT2D eigenvalue weighted by Gasteiger charge is -2.41. The molecule has 2 saturated heterocycles. The zero-order valence-electron chi connectivity index (χ0n) is 23.2. The Labute approximate surface area is 253 Å². The second kappa shape index (κ2) is 9.95. The van der Waals surface area contributed by atoms with Crippen molar-refractivity contribution in [2.24, 2.45) is 5.92 Å². The zero-order valence-corrected chi connectivity index (χ0v) is 24.7. The van der Waals surface area contributed by atoms with Gasteiger partial charge in [0, 0.05) is 52.5 Å². The first-order chi connectivity index (χ1) is 20.1. The van der Waals surface area contributed by atoms with Gasteiger partial charge in [0.25, 0.3) is 0 Å². The van der Waals surface area contributed by atoms with Crippen molar-refractivity contribution in [3.8, 4) is 0 Å². The average Bonchev–Trinajstić information content (AvgIpc) is 3.53. The van der Waals surface area contributed by atoms with Crippen LogP contribution in [0.5, 0.6) is 0 Å². The molecule has 7 nitrogen and oxygen atoms in total. The Hall–Kier alpha value is -3.17. The molecular formula is C32H31Cl2FN4O3. The van der Waals surface area contributed by atoms with Crippen molar-refractivity contribution < 1.29 is 18.7 Å². The van der Waals surface area contributed by atoms with Crippen molar-refractivity contribution in [2.75, 3.05) is 24.7 Å². The first kappa shape index (κ1) is 27.7. The minimum absolute atomic E-state index is 0.0161. The predicted molar refractivity (Wildman–Crippen MR) is 160 cm³/mol. The number of halogens is 3. The topological polar surface area (TPSA) is 96.7 Å². The summed E-state index contributed by atoms with van der Waals surface area (Å²) in [4.78, 5) is 28.9. The van der Waals surface area contributed by atoms with Gasteiger partial charge >= 0.3 is 5.97 Å². The van der Waals surface area contributed by atoms with Gasteiger partial charge in [0.1, 0.15) is 11.4 Å². The molecule has 0 aromatic heterocycles. The van der Waals surface area contributed by atoms with E-state index < -0.39 is 23.2 Å². The molecule has 1 aliphatic carbocycles. The molecule has 218 valence electrons. The predicted octanol–water partition coefficient (Wildman–Crippen LogP) is 5.94. The number of hydrogen-bond donors (Lipinski definition) is 3. The number of carbonyl (C=O) groups is 2. The number of amides is 1. The summed E-state index contributed by atoms with van der Waals surface area (Å²) in [5.41, 5.74) is 9.74. The van der Waals surface area contributed by atoms with Crippen LogP contribution in [0, 0.1) is 18.7 Å². The maximum atomic E-state index is 16.0. The first-order valence-electron chi connectivity index (χ1n) is 14.2. The molecule has 3 aromatic rings. The lowest BCUT2D eigenvalue weighted by Crippen LogP contribution is -2.53. The molecule has 1 amide bonds. The van der Waals surface area contributed by atoms with Gasteiger partial charge in [0.2, 0.25) is 5.91 Å². The van der Waals surface area contributed by atoms with E-state index in [2.05, 4.69) is 15.5 Å². The van der Waals surface area contributed by atoms with Crippen LogP contribution in [0.2, 0.25) is 10.0 Å². The van der Waals surface area contributed by atoms with E-state index in [1.807, 2.05) is 19.1 Å². The molecule has 3 aliphatic heterocycles. The highest BCUT2D eigenvalue weighted by atomic mass is 35.5. The van der Waals surface area contributed by atoms with Crippen molar-refractivity contribution in [2.45, 2.75) is 55.8 Å². The van der Waals surface area contributed by atoms with Crippen LogP contribution in [-0.4, -0.2) is 42.5 Å². The lowest BCUT2D eigenvalue weighted by molar-refractivity contribution is -0.128. The van der Waals surface area contributed by atoms with Crippen LogP contribution in [-0.2, 0) is 15.1 Å². The molecule has 1 unspecified atom stereocenters. The van der Waals surface area contributed by atoms with Crippen LogP contribution >= 0.6 is 23.2 Å². The van der Waals surface area contributed by atoms with Crippen molar-refractivity contribution in [3.63, 3.8) is 0 Å². The summed E-state index contributed by atoms with van der Waals surface area (Å²) in [5, 5.41) is 7.40. The second-order valence-corrected chi connectivity index (χ2v) is 12.8. The van der Waals surface area contributed by atoms with Crippen LogP contribution in [0.15, 0.2) is 48.5 Å². The van der Waals surface area contributed by atoms with E-state index in [4.69, 9.17) is 33.7 Å². The fraction of sp³-hybridized carbons (Fsp3) is 0.375. The number of ether oxygens (including phenoxy) is 1. The van der Waals surface area contributed by atoms with Gasteiger partial charge in [0.15, 0.2) is 0 Å². The molecule has 3 heterocycles. The SMILES string of the molecule is COC(=O)c1cc(N)c(C2C[C@H]3[C@@H](N2)[C@H](c2cccc(Cl)c2F)[C@]2(C(=O)Nc4cc(Cl)ccc42)N3CC2CC2)cc1C. The average molecular weight is 610 g/mol. The second-order valence-electron chi connectivity index (χ2n) is 12.0. The number of nitrogens with one attached hydrogen (secondary N) is 2. The Bertz CT molecular complexity index is 1650. The summed E-state index contributed by atoms with van der Waals surface area (Å²) >= 11 is 12.7. The van der Waals surface area contributed by atoms with E-state index in [0.717, 1.165) is 29.5 Å². The molecule has 7 rings (SSSR count). The van der Waals surface area contributed by atoms with E-state index in [9.17, 15) is 9.59 Å². The number of nitrogen functional groups attached to an aromatic ring is 1. The van der Waals surface area contributed by atoms with Crippen LogP contribution in [0.4, 0.5) is 15.8 Å². The molecule has 10 heteroatoms. The third-order valence-corrected chi connectivity index (χ3v) is 10.1. The minimum atomic E-state index is -1.16. The summed E-state index contributed by atoms with van der Waals surface area (Å²) < 4.78 is 20.9. The summed E-state index contributed by atoms with van der Waals surface area (Å²) in [6.07, 6.45) is 2.83. The van der Waals surface area contributed by atoms with Gasteiger partial charge in [-0.05, 0) is 73.1 Å². The molecule has 0 bridgehead atoms. The molecule has 3 aromatic carbocycles. The summed E-state index contributed by atoms with van der Waals surface area (Å²) in [5.74, 6) is -1.28. The number of benzene rings is 3.